The topological polar surface area (TPSA) is 47.3 Å². The lowest BCUT2D eigenvalue weighted by Crippen LogP contribution is -2.24. The Balaban J connectivity index is 2.51. The maximum absolute atomic E-state index is 5.88. The van der Waals surface area contributed by atoms with Gasteiger partial charge in [0.25, 0.3) is 0 Å². The first-order valence-electron chi connectivity index (χ1n) is 6.03. The van der Waals surface area contributed by atoms with Crippen molar-refractivity contribution in [2.24, 2.45) is 5.41 Å². The summed E-state index contributed by atoms with van der Waals surface area (Å²) in [4.78, 5) is 0. The van der Waals surface area contributed by atoms with Crippen molar-refractivity contribution in [3.63, 3.8) is 0 Å². The molecule has 1 rings (SSSR count). The highest BCUT2D eigenvalue weighted by molar-refractivity contribution is 5.58. The zero-order valence-electron chi connectivity index (χ0n) is 11.3. The summed E-state index contributed by atoms with van der Waals surface area (Å²) in [6.07, 6.45) is 1.04. The molecule has 0 aliphatic heterocycles. The second-order valence-electron chi connectivity index (χ2n) is 5.33. The first-order chi connectivity index (χ1) is 7.94. The van der Waals surface area contributed by atoms with Crippen LogP contribution in [0.2, 0.25) is 0 Å². The van der Waals surface area contributed by atoms with Gasteiger partial charge in [-0.3, -0.25) is 0 Å². The van der Waals surface area contributed by atoms with Crippen molar-refractivity contribution in [3.05, 3.63) is 23.8 Å². The quantitative estimate of drug-likeness (QED) is 0.746. The zero-order chi connectivity index (χ0) is 12.9. The third kappa shape index (κ3) is 4.65. The molecule has 0 unspecified atom stereocenters. The minimum absolute atomic E-state index is 0.218. The number of nitrogens with one attached hydrogen (secondary N) is 1. The molecule has 0 amide bonds. The van der Waals surface area contributed by atoms with Crippen LogP contribution in [0.1, 0.15) is 25.8 Å². The van der Waals surface area contributed by atoms with Crippen LogP contribution in [0.5, 0.6) is 0 Å². The monoisotopic (exact) mass is 236 g/mol. The summed E-state index contributed by atoms with van der Waals surface area (Å²) in [5.41, 5.74) is 9.14. The highest BCUT2D eigenvalue weighted by Crippen LogP contribution is 2.23. The van der Waals surface area contributed by atoms with Gasteiger partial charge in [0.05, 0.1) is 0 Å². The molecule has 0 radical (unpaired) electrons. The smallest absolute Gasteiger partial charge is 0.0468 e. The Hall–Kier alpha value is -1.22. The minimum Gasteiger partial charge on any atom is -0.398 e. The van der Waals surface area contributed by atoms with Crippen molar-refractivity contribution >= 4 is 11.4 Å². The average Bonchev–Trinajstić information content (AvgIpc) is 2.28. The van der Waals surface area contributed by atoms with Crippen molar-refractivity contribution in [2.45, 2.75) is 27.2 Å². The molecule has 0 aliphatic carbocycles. The van der Waals surface area contributed by atoms with Crippen molar-refractivity contribution < 1.29 is 4.74 Å². The van der Waals surface area contributed by atoms with Gasteiger partial charge in [-0.25, -0.2) is 0 Å². The number of anilines is 2. The number of ether oxygens (including phenoxy) is 1. The lowest BCUT2D eigenvalue weighted by atomic mass is 9.89. The second kappa shape index (κ2) is 5.92. The van der Waals surface area contributed by atoms with E-state index < -0.39 is 0 Å². The van der Waals surface area contributed by atoms with Crippen LogP contribution in [-0.2, 0) is 4.74 Å². The molecule has 1 aromatic rings. The van der Waals surface area contributed by atoms with E-state index in [2.05, 4.69) is 25.2 Å². The van der Waals surface area contributed by atoms with Crippen LogP contribution < -0.4 is 11.1 Å². The van der Waals surface area contributed by atoms with Crippen LogP contribution in [0, 0.1) is 12.3 Å². The maximum atomic E-state index is 5.88. The summed E-state index contributed by atoms with van der Waals surface area (Å²) in [7, 11) is 1.74. The lowest BCUT2D eigenvalue weighted by molar-refractivity contribution is 0.157. The van der Waals surface area contributed by atoms with E-state index in [-0.39, 0.29) is 5.41 Å². The molecule has 0 aromatic heterocycles. The summed E-state index contributed by atoms with van der Waals surface area (Å²) >= 11 is 0. The standard InChI is InChI=1S/C14H24N2O/c1-11-5-6-12(9-13(11)15)16-10-14(2,3)7-8-17-4/h5-6,9,16H,7-8,10,15H2,1-4H3. The van der Waals surface area contributed by atoms with Crippen molar-refractivity contribution in [1.29, 1.82) is 0 Å². The Morgan fingerprint density at radius 1 is 1.35 bits per heavy atom. The molecular formula is C14H24N2O. The molecule has 0 heterocycles. The Morgan fingerprint density at radius 3 is 2.65 bits per heavy atom. The summed E-state index contributed by atoms with van der Waals surface area (Å²) in [6.45, 7) is 8.19. The number of benzene rings is 1. The number of nitrogen functional groups attached to an aromatic ring is 1. The predicted octanol–water partition coefficient (Wildman–Crippen LogP) is 3.05. The normalized spacial score (nSPS) is 11.5. The highest BCUT2D eigenvalue weighted by Gasteiger charge is 2.17. The molecular weight excluding hydrogens is 212 g/mol. The van der Waals surface area contributed by atoms with E-state index in [0.717, 1.165) is 36.5 Å². The van der Waals surface area contributed by atoms with Crippen molar-refractivity contribution in [2.75, 3.05) is 31.3 Å². The van der Waals surface area contributed by atoms with Gasteiger partial charge in [0.2, 0.25) is 0 Å². The van der Waals surface area contributed by atoms with Gasteiger partial charge >= 0.3 is 0 Å². The van der Waals surface area contributed by atoms with Gasteiger partial charge in [-0.2, -0.15) is 0 Å². The van der Waals surface area contributed by atoms with Crippen LogP contribution in [0.25, 0.3) is 0 Å². The second-order valence-corrected chi connectivity index (χ2v) is 5.33. The average molecular weight is 236 g/mol. The fourth-order valence-electron chi connectivity index (χ4n) is 1.56. The molecule has 17 heavy (non-hydrogen) atoms. The maximum Gasteiger partial charge on any atom is 0.0468 e. The van der Waals surface area contributed by atoms with E-state index >= 15 is 0 Å². The predicted molar refractivity (Wildman–Crippen MR) is 74.4 cm³/mol. The summed E-state index contributed by atoms with van der Waals surface area (Å²) in [5, 5.41) is 3.43. The zero-order valence-corrected chi connectivity index (χ0v) is 11.3. The molecule has 0 bridgehead atoms. The Kier molecular flexibility index (Phi) is 4.82. The number of nitrogens with two attached hydrogens (primary N) is 1. The van der Waals surface area contributed by atoms with Gasteiger partial charge in [-0.15, -0.1) is 0 Å². The fraction of sp³-hybridized carbons (Fsp3) is 0.571. The Bertz CT molecular complexity index is 361. The lowest BCUT2D eigenvalue weighted by Gasteiger charge is -2.25. The summed E-state index contributed by atoms with van der Waals surface area (Å²) < 4.78 is 5.12. The van der Waals surface area contributed by atoms with Gasteiger partial charge in [0.15, 0.2) is 0 Å². The van der Waals surface area contributed by atoms with Crippen LogP contribution in [-0.4, -0.2) is 20.3 Å². The minimum atomic E-state index is 0.218. The molecule has 96 valence electrons. The fourth-order valence-corrected chi connectivity index (χ4v) is 1.56. The van der Waals surface area contributed by atoms with E-state index in [9.17, 15) is 0 Å². The highest BCUT2D eigenvalue weighted by atomic mass is 16.5. The Morgan fingerprint density at radius 2 is 2.06 bits per heavy atom. The molecule has 0 saturated carbocycles. The summed E-state index contributed by atoms with van der Waals surface area (Å²) in [5.74, 6) is 0. The number of methoxy groups -OCH3 is 1. The van der Waals surface area contributed by atoms with E-state index in [1.807, 2.05) is 19.1 Å². The van der Waals surface area contributed by atoms with Gasteiger partial charge in [-0.05, 0) is 36.5 Å². The first kappa shape index (κ1) is 13.8. The van der Waals surface area contributed by atoms with Gasteiger partial charge in [-0.1, -0.05) is 19.9 Å². The van der Waals surface area contributed by atoms with Crippen LogP contribution in [0.3, 0.4) is 0 Å². The van der Waals surface area contributed by atoms with Crippen LogP contribution >= 0.6 is 0 Å². The molecule has 1 aromatic carbocycles. The van der Waals surface area contributed by atoms with Crippen LogP contribution in [0.15, 0.2) is 18.2 Å². The molecule has 0 saturated heterocycles. The molecule has 0 fully saturated rings. The number of hydrogen-bond acceptors (Lipinski definition) is 3. The largest absolute Gasteiger partial charge is 0.398 e. The van der Waals surface area contributed by atoms with E-state index in [1.165, 1.54) is 0 Å². The van der Waals surface area contributed by atoms with E-state index in [1.54, 1.807) is 7.11 Å². The molecule has 0 aliphatic rings. The van der Waals surface area contributed by atoms with Gasteiger partial charge in [0.1, 0.15) is 0 Å². The van der Waals surface area contributed by atoms with Gasteiger partial charge in [0, 0.05) is 31.6 Å². The number of rotatable bonds is 6. The number of hydrogen-bond donors (Lipinski definition) is 2. The Labute approximate surface area is 104 Å². The molecule has 0 atom stereocenters. The third-order valence-corrected chi connectivity index (χ3v) is 3.03. The van der Waals surface area contributed by atoms with E-state index in [4.69, 9.17) is 10.5 Å². The van der Waals surface area contributed by atoms with E-state index in [0.29, 0.717) is 0 Å². The van der Waals surface area contributed by atoms with Crippen molar-refractivity contribution in [3.8, 4) is 0 Å². The number of aryl methyl sites for hydroxylation is 1. The molecule has 3 nitrogen and oxygen atoms in total. The van der Waals surface area contributed by atoms with Crippen LogP contribution in [0.4, 0.5) is 11.4 Å². The third-order valence-electron chi connectivity index (χ3n) is 3.03. The van der Waals surface area contributed by atoms with Crippen molar-refractivity contribution in [1.82, 2.24) is 0 Å². The SMILES string of the molecule is COCCC(C)(C)CNc1ccc(C)c(N)c1. The van der Waals surface area contributed by atoms with Gasteiger partial charge < -0.3 is 15.8 Å². The molecule has 3 N–H and O–H groups in total. The summed E-state index contributed by atoms with van der Waals surface area (Å²) in [6, 6.07) is 6.10. The first-order valence-corrected chi connectivity index (χ1v) is 6.03. The molecule has 3 heteroatoms. The molecule has 0 spiro atoms.